The Balaban J connectivity index is 0.000000332. The first-order valence-electron chi connectivity index (χ1n) is 9.58. The van der Waals surface area contributed by atoms with Crippen molar-refractivity contribution in [2.75, 3.05) is 0 Å². The van der Waals surface area contributed by atoms with Crippen molar-refractivity contribution in [2.45, 2.75) is 70.4 Å². The van der Waals surface area contributed by atoms with E-state index in [1.807, 2.05) is 6.92 Å². The smallest absolute Gasteiger partial charge is 0.240 e. The summed E-state index contributed by atoms with van der Waals surface area (Å²) < 4.78 is 27.1. The van der Waals surface area contributed by atoms with E-state index in [0.29, 0.717) is 4.90 Å². The van der Waals surface area contributed by atoms with E-state index in [1.165, 1.54) is 16.7 Å². The number of nitrogens with two attached hydrogens (primary N) is 1. The summed E-state index contributed by atoms with van der Waals surface area (Å²) in [4.78, 5) is 0.311. The van der Waals surface area contributed by atoms with Gasteiger partial charge in [0.05, 0.1) is 4.90 Å². The Labute approximate surface area is 183 Å². The second-order valence-corrected chi connectivity index (χ2v) is 9.22. The van der Waals surface area contributed by atoms with E-state index in [-0.39, 0.29) is 31.6 Å². The van der Waals surface area contributed by atoms with Crippen LogP contribution in [0.25, 0.3) is 0 Å². The van der Waals surface area contributed by atoms with Gasteiger partial charge in [-0.15, -0.1) is 0 Å². The van der Waals surface area contributed by atoms with Gasteiger partial charge in [0.25, 0.3) is 0 Å². The van der Waals surface area contributed by atoms with E-state index in [2.05, 4.69) is 43.7 Å². The summed E-state index contributed by atoms with van der Waals surface area (Å²) in [5.74, 6) is 0. The average Bonchev–Trinajstić information content (AvgIpc) is 2.62. The zero-order valence-electron chi connectivity index (χ0n) is 17.2. The minimum atomic E-state index is -3.44. The van der Waals surface area contributed by atoms with Gasteiger partial charge in [-0.3, -0.25) is 0 Å². The molecule has 3 rings (SSSR count). The normalized spacial score (nSPS) is 19.2. The second kappa shape index (κ2) is 11.2. The zero-order valence-corrected chi connectivity index (χ0v) is 19.7. The van der Waals surface area contributed by atoms with Gasteiger partial charge in [-0.2, -0.15) is 0 Å². The molecule has 4 nitrogen and oxygen atoms in total. The first-order valence-corrected chi connectivity index (χ1v) is 11.1. The first-order chi connectivity index (χ1) is 12.7. The fourth-order valence-electron chi connectivity index (χ4n) is 3.19. The molecule has 1 saturated carbocycles. The Morgan fingerprint density at radius 1 is 0.893 bits per heavy atom. The van der Waals surface area contributed by atoms with E-state index in [4.69, 9.17) is 5.73 Å². The Morgan fingerprint density at radius 3 is 1.93 bits per heavy atom. The number of aryl methyl sites for hydroxylation is 3. The summed E-state index contributed by atoms with van der Waals surface area (Å²) in [6.07, 6.45) is 3.84. The number of hydrogen-bond acceptors (Lipinski definition) is 3. The molecule has 0 amide bonds. The van der Waals surface area contributed by atoms with Crippen molar-refractivity contribution in [1.82, 2.24) is 4.72 Å². The van der Waals surface area contributed by atoms with E-state index < -0.39 is 10.0 Å². The molecule has 0 radical (unpaired) electrons. The van der Waals surface area contributed by atoms with Crippen molar-refractivity contribution in [1.29, 1.82) is 0 Å². The maximum absolute atomic E-state index is 12.2. The summed E-state index contributed by atoms with van der Waals surface area (Å²) in [5.41, 5.74) is 11.2. The number of sulfonamides is 1. The van der Waals surface area contributed by atoms with Crippen LogP contribution >= 0.6 is 0 Å². The van der Waals surface area contributed by atoms with Gasteiger partial charge in [0.1, 0.15) is 0 Å². The van der Waals surface area contributed by atoms with Crippen molar-refractivity contribution in [3.05, 3.63) is 64.7 Å². The molecule has 0 spiro atoms. The molecule has 1 fully saturated rings. The van der Waals surface area contributed by atoms with Gasteiger partial charge >= 0.3 is 0 Å². The number of nitrogens with one attached hydrogen (secondary N) is 1. The van der Waals surface area contributed by atoms with Gasteiger partial charge in [0, 0.05) is 31.6 Å². The van der Waals surface area contributed by atoms with E-state index in [9.17, 15) is 8.42 Å². The molecule has 0 aliphatic heterocycles. The monoisotopic (exact) mass is 490 g/mol. The summed E-state index contributed by atoms with van der Waals surface area (Å²) in [7, 11) is -3.44. The van der Waals surface area contributed by atoms with Crippen molar-refractivity contribution in [3.63, 3.8) is 0 Å². The molecule has 2 atom stereocenters. The van der Waals surface area contributed by atoms with Gasteiger partial charge in [0.15, 0.2) is 0 Å². The fourth-order valence-corrected chi connectivity index (χ4v) is 4.51. The second-order valence-electron chi connectivity index (χ2n) is 7.51. The van der Waals surface area contributed by atoms with Gasteiger partial charge in [0.2, 0.25) is 10.0 Å². The van der Waals surface area contributed by atoms with Crippen LogP contribution in [-0.2, 0) is 29.5 Å². The van der Waals surface area contributed by atoms with Crippen molar-refractivity contribution < 1.29 is 27.9 Å². The summed E-state index contributed by atoms with van der Waals surface area (Å²) in [6, 6.07) is 13.0. The van der Waals surface area contributed by atoms with Gasteiger partial charge in [-0.1, -0.05) is 48.7 Å². The van der Waals surface area contributed by atoms with Crippen LogP contribution in [0, 0.1) is 27.7 Å². The average molecular weight is 490 g/mol. The predicted octanol–water partition coefficient (Wildman–Crippen LogP) is 4.15. The molecular formula is C22H32N2O2RuS. The summed E-state index contributed by atoms with van der Waals surface area (Å²) >= 11 is 0. The Morgan fingerprint density at radius 2 is 1.43 bits per heavy atom. The molecule has 0 heterocycles. The SMILES string of the molecule is Cc1ccc(S(=O)(=O)N[C@@H]2CCCC[C@H]2N)cc1.Cc1cccc(C)c1C.[Ru]. The van der Waals surface area contributed by atoms with Crippen molar-refractivity contribution in [2.24, 2.45) is 5.73 Å². The first kappa shape index (κ1) is 25.0. The van der Waals surface area contributed by atoms with E-state index in [0.717, 1.165) is 31.2 Å². The van der Waals surface area contributed by atoms with Crippen LogP contribution < -0.4 is 10.5 Å². The van der Waals surface area contributed by atoms with Crippen LogP contribution in [0.3, 0.4) is 0 Å². The van der Waals surface area contributed by atoms with Crippen LogP contribution in [0.2, 0.25) is 0 Å². The van der Waals surface area contributed by atoms with Crippen LogP contribution in [0.1, 0.15) is 47.9 Å². The molecule has 1 aliphatic carbocycles. The molecule has 6 heteroatoms. The largest absolute Gasteiger partial charge is 0.326 e. The van der Waals surface area contributed by atoms with Crippen molar-refractivity contribution in [3.8, 4) is 0 Å². The summed E-state index contributed by atoms with van der Waals surface area (Å²) in [6.45, 7) is 8.37. The van der Waals surface area contributed by atoms with E-state index in [1.54, 1.807) is 24.3 Å². The van der Waals surface area contributed by atoms with Crippen LogP contribution in [0.15, 0.2) is 47.4 Å². The molecule has 0 saturated heterocycles. The Hall–Kier alpha value is -1.07. The van der Waals surface area contributed by atoms with Crippen LogP contribution in [-0.4, -0.2) is 20.5 Å². The molecule has 1 aliphatic rings. The van der Waals surface area contributed by atoms with Gasteiger partial charge in [-0.25, -0.2) is 13.1 Å². The molecule has 156 valence electrons. The van der Waals surface area contributed by atoms with Crippen LogP contribution in [0.5, 0.6) is 0 Å². The molecule has 2 aromatic rings. The third-order valence-electron chi connectivity index (χ3n) is 5.33. The molecule has 28 heavy (non-hydrogen) atoms. The third-order valence-corrected chi connectivity index (χ3v) is 6.84. The molecule has 2 aromatic carbocycles. The molecule has 0 aromatic heterocycles. The molecule has 0 unspecified atom stereocenters. The summed E-state index contributed by atoms with van der Waals surface area (Å²) in [5, 5.41) is 0. The predicted molar refractivity (Wildman–Crippen MR) is 112 cm³/mol. The minimum absolute atomic E-state index is 0. The standard InChI is InChI=1S/C13H20N2O2S.C9H12.Ru/c1-10-6-8-11(9-7-10)18(16,17)15-13-5-3-2-4-12(13)14;1-7-5-4-6-8(2)9(7)3;/h6-9,12-13,15H,2-5,14H2,1H3;4-6H,1-3H3;/t12-,13-;;/m1../s1. The molecule has 0 bridgehead atoms. The maximum Gasteiger partial charge on any atom is 0.240 e. The molecular weight excluding hydrogens is 457 g/mol. The Bertz CT molecular complexity index is 831. The van der Waals surface area contributed by atoms with E-state index >= 15 is 0 Å². The number of benzene rings is 2. The number of hydrogen-bond donors (Lipinski definition) is 2. The third kappa shape index (κ3) is 7.07. The maximum atomic E-state index is 12.2. The van der Waals surface area contributed by atoms with Gasteiger partial charge in [-0.05, 0) is 69.4 Å². The van der Waals surface area contributed by atoms with Crippen molar-refractivity contribution >= 4 is 10.0 Å². The quantitative estimate of drug-likeness (QED) is 0.636. The number of rotatable bonds is 3. The minimum Gasteiger partial charge on any atom is -0.326 e. The zero-order chi connectivity index (χ0) is 20.0. The topological polar surface area (TPSA) is 72.2 Å². The fraction of sp³-hybridized carbons (Fsp3) is 0.455. The Kier molecular flexibility index (Phi) is 9.99. The van der Waals surface area contributed by atoms with Crippen LogP contribution in [0.4, 0.5) is 0 Å². The molecule has 3 N–H and O–H groups in total. The van der Waals surface area contributed by atoms with Gasteiger partial charge < -0.3 is 5.73 Å².